The summed E-state index contributed by atoms with van der Waals surface area (Å²) in [6, 6.07) is 6.86. The fourth-order valence-electron chi connectivity index (χ4n) is 3.00. The topological polar surface area (TPSA) is 39.1 Å². The first-order chi connectivity index (χ1) is 10.1. The molecule has 1 atom stereocenters. The number of aromatic nitrogens is 2. The van der Waals surface area contributed by atoms with E-state index in [2.05, 4.69) is 49.4 Å². The third-order valence-corrected chi connectivity index (χ3v) is 4.35. The van der Waals surface area contributed by atoms with E-state index < -0.39 is 0 Å². The number of hydrogen-bond acceptors (Lipinski definition) is 3. The van der Waals surface area contributed by atoms with Crippen molar-refractivity contribution in [3.63, 3.8) is 0 Å². The number of anilines is 1. The van der Waals surface area contributed by atoms with Gasteiger partial charge in [-0.3, -0.25) is 4.68 Å². The predicted molar refractivity (Wildman–Crippen MR) is 85.0 cm³/mol. The average Bonchev–Trinajstić information content (AvgIpc) is 3.03. The summed E-state index contributed by atoms with van der Waals surface area (Å²) in [4.78, 5) is 0. The average molecular weight is 285 g/mol. The molecule has 2 aromatic rings. The van der Waals surface area contributed by atoms with Crippen molar-refractivity contribution in [1.29, 1.82) is 0 Å². The van der Waals surface area contributed by atoms with E-state index in [0.29, 0.717) is 6.04 Å². The van der Waals surface area contributed by atoms with Gasteiger partial charge in [-0.2, -0.15) is 5.10 Å². The highest BCUT2D eigenvalue weighted by Crippen LogP contribution is 2.32. The largest absolute Gasteiger partial charge is 0.493 e. The van der Waals surface area contributed by atoms with Crippen LogP contribution in [0.25, 0.3) is 0 Å². The second-order valence-corrected chi connectivity index (χ2v) is 5.74. The van der Waals surface area contributed by atoms with E-state index in [-0.39, 0.29) is 0 Å². The maximum Gasteiger partial charge on any atom is 0.122 e. The van der Waals surface area contributed by atoms with E-state index in [1.807, 2.05) is 11.7 Å². The van der Waals surface area contributed by atoms with E-state index in [4.69, 9.17) is 4.74 Å². The van der Waals surface area contributed by atoms with E-state index in [1.165, 1.54) is 16.8 Å². The Hall–Kier alpha value is -1.97. The molecule has 4 heteroatoms. The molecule has 3 rings (SSSR count). The number of hydrogen-bond donors (Lipinski definition) is 1. The van der Waals surface area contributed by atoms with Crippen LogP contribution in [-0.4, -0.2) is 16.4 Å². The Morgan fingerprint density at radius 2 is 2.19 bits per heavy atom. The fourth-order valence-corrected chi connectivity index (χ4v) is 3.00. The van der Waals surface area contributed by atoms with Crippen LogP contribution in [0, 0.1) is 13.8 Å². The number of benzene rings is 1. The van der Waals surface area contributed by atoms with Gasteiger partial charge in [0, 0.05) is 13.5 Å². The van der Waals surface area contributed by atoms with Gasteiger partial charge in [-0.1, -0.05) is 13.0 Å². The van der Waals surface area contributed by atoms with Gasteiger partial charge in [-0.05, 0) is 43.5 Å². The molecule has 0 radical (unpaired) electrons. The van der Waals surface area contributed by atoms with Crippen molar-refractivity contribution in [2.45, 2.75) is 39.7 Å². The van der Waals surface area contributed by atoms with Crippen LogP contribution in [-0.2, 0) is 13.5 Å². The maximum atomic E-state index is 5.59. The van der Waals surface area contributed by atoms with Crippen LogP contribution in [0.15, 0.2) is 18.2 Å². The van der Waals surface area contributed by atoms with E-state index in [1.54, 1.807) is 0 Å². The molecular weight excluding hydrogens is 262 g/mol. The van der Waals surface area contributed by atoms with Gasteiger partial charge in [0.1, 0.15) is 5.75 Å². The second kappa shape index (κ2) is 5.43. The Labute approximate surface area is 126 Å². The lowest BCUT2D eigenvalue weighted by atomic mass is 10.0. The van der Waals surface area contributed by atoms with Crippen molar-refractivity contribution in [3.05, 3.63) is 40.7 Å². The van der Waals surface area contributed by atoms with Gasteiger partial charge in [0.05, 0.1) is 29.7 Å². The van der Waals surface area contributed by atoms with E-state index in [0.717, 1.165) is 36.6 Å². The number of fused-ring (bicyclic) bond motifs is 1. The summed E-state index contributed by atoms with van der Waals surface area (Å²) in [5.74, 6) is 1.04. The van der Waals surface area contributed by atoms with Gasteiger partial charge in [-0.15, -0.1) is 0 Å². The minimum absolute atomic E-state index is 0.303. The summed E-state index contributed by atoms with van der Waals surface area (Å²) in [6.45, 7) is 7.18. The van der Waals surface area contributed by atoms with Crippen LogP contribution >= 0.6 is 0 Å². The molecular formula is C17H23N3O. The Kier molecular flexibility index (Phi) is 3.62. The van der Waals surface area contributed by atoms with Gasteiger partial charge < -0.3 is 10.1 Å². The minimum Gasteiger partial charge on any atom is -0.493 e. The highest BCUT2D eigenvalue weighted by molar-refractivity contribution is 5.54. The van der Waals surface area contributed by atoms with Crippen molar-refractivity contribution in [3.8, 4) is 5.75 Å². The van der Waals surface area contributed by atoms with Crippen LogP contribution in [0.1, 0.15) is 41.9 Å². The number of nitrogens with one attached hydrogen (secondary N) is 1. The van der Waals surface area contributed by atoms with Crippen molar-refractivity contribution in [2.24, 2.45) is 7.05 Å². The standard InChI is InChI=1S/C17H23N3O/c1-5-15(18-17-11(2)19-20(4)12(17)3)13-6-7-16-14(10-13)8-9-21-16/h6-7,10,15,18H,5,8-9H2,1-4H3. The monoisotopic (exact) mass is 285 g/mol. The molecule has 0 aliphatic carbocycles. The lowest BCUT2D eigenvalue weighted by molar-refractivity contribution is 0.357. The lowest BCUT2D eigenvalue weighted by Gasteiger charge is -2.20. The van der Waals surface area contributed by atoms with Gasteiger partial charge in [0.15, 0.2) is 0 Å². The lowest BCUT2D eigenvalue weighted by Crippen LogP contribution is -2.11. The smallest absolute Gasteiger partial charge is 0.122 e. The summed E-state index contributed by atoms with van der Waals surface area (Å²) in [5, 5.41) is 8.15. The summed E-state index contributed by atoms with van der Waals surface area (Å²) in [5.41, 5.74) is 6.03. The molecule has 1 aliphatic heterocycles. The molecule has 2 heterocycles. The molecule has 1 aliphatic rings. The van der Waals surface area contributed by atoms with Gasteiger partial charge in [-0.25, -0.2) is 0 Å². The van der Waals surface area contributed by atoms with Crippen molar-refractivity contribution in [2.75, 3.05) is 11.9 Å². The molecule has 0 amide bonds. The van der Waals surface area contributed by atoms with Crippen LogP contribution in [0.3, 0.4) is 0 Å². The predicted octanol–water partition coefficient (Wildman–Crippen LogP) is 3.54. The van der Waals surface area contributed by atoms with Crippen LogP contribution < -0.4 is 10.1 Å². The molecule has 1 aromatic heterocycles. The first-order valence-electron chi connectivity index (χ1n) is 7.62. The number of ether oxygens (including phenoxy) is 1. The Morgan fingerprint density at radius 1 is 1.38 bits per heavy atom. The van der Waals surface area contributed by atoms with Crippen molar-refractivity contribution >= 4 is 5.69 Å². The highest BCUT2D eigenvalue weighted by Gasteiger charge is 2.18. The zero-order chi connectivity index (χ0) is 15.0. The molecule has 112 valence electrons. The molecule has 0 fully saturated rings. The molecule has 1 N–H and O–H groups in total. The first kappa shape index (κ1) is 14.0. The maximum absolute atomic E-state index is 5.59. The van der Waals surface area contributed by atoms with Crippen molar-refractivity contribution < 1.29 is 4.74 Å². The Balaban J connectivity index is 1.88. The number of aryl methyl sites for hydroxylation is 2. The molecule has 0 saturated heterocycles. The van der Waals surface area contributed by atoms with Gasteiger partial charge >= 0.3 is 0 Å². The normalized spacial score (nSPS) is 14.7. The molecule has 0 bridgehead atoms. The first-order valence-corrected chi connectivity index (χ1v) is 7.62. The fraction of sp³-hybridized carbons (Fsp3) is 0.471. The van der Waals surface area contributed by atoms with Crippen LogP contribution in [0.2, 0.25) is 0 Å². The summed E-state index contributed by atoms with van der Waals surface area (Å²) < 4.78 is 7.52. The van der Waals surface area contributed by atoms with E-state index >= 15 is 0 Å². The third-order valence-electron chi connectivity index (χ3n) is 4.35. The molecule has 0 spiro atoms. The molecule has 0 saturated carbocycles. The van der Waals surface area contributed by atoms with Crippen LogP contribution in [0.4, 0.5) is 5.69 Å². The Morgan fingerprint density at radius 3 is 2.86 bits per heavy atom. The zero-order valence-electron chi connectivity index (χ0n) is 13.2. The molecule has 1 unspecified atom stereocenters. The summed E-state index contributed by atoms with van der Waals surface area (Å²) >= 11 is 0. The molecule has 1 aromatic carbocycles. The number of rotatable bonds is 4. The number of nitrogens with zero attached hydrogens (tertiary/aromatic N) is 2. The Bertz CT molecular complexity index is 660. The highest BCUT2D eigenvalue weighted by atomic mass is 16.5. The van der Waals surface area contributed by atoms with E-state index in [9.17, 15) is 0 Å². The SMILES string of the molecule is CCC(Nc1c(C)nn(C)c1C)c1ccc2c(c1)CCO2. The third kappa shape index (κ3) is 2.50. The summed E-state index contributed by atoms with van der Waals surface area (Å²) in [6.07, 6.45) is 2.05. The minimum atomic E-state index is 0.303. The van der Waals surface area contributed by atoms with Gasteiger partial charge in [0.2, 0.25) is 0 Å². The van der Waals surface area contributed by atoms with Gasteiger partial charge in [0.25, 0.3) is 0 Å². The molecule has 21 heavy (non-hydrogen) atoms. The zero-order valence-corrected chi connectivity index (χ0v) is 13.2. The quantitative estimate of drug-likeness (QED) is 0.934. The van der Waals surface area contributed by atoms with Crippen molar-refractivity contribution in [1.82, 2.24) is 9.78 Å². The second-order valence-electron chi connectivity index (χ2n) is 5.74. The van der Waals surface area contributed by atoms with Crippen LogP contribution in [0.5, 0.6) is 5.75 Å². The summed E-state index contributed by atoms with van der Waals surface area (Å²) in [7, 11) is 1.99. The molecule has 4 nitrogen and oxygen atoms in total.